The number of methoxy groups -OCH3 is 1. The summed E-state index contributed by atoms with van der Waals surface area (Å²) in [6.07, 6.45) is 3.89. The molecule has 0 spiro atoms. The van der Waals surface area contributed by atoms with Crippen molar-refractivity contribution in [3.8, 4) is 0 Å². The van der Waals surface area contributed by atoms with Gasteiger partial charge in [-0.3, -0.25) is 4.79 Å². The standard InChI is InChI=1S/C6H10O2/c1-6(8-2)4-3-5-7/h3-6H,1-2H3/b4-3+. The lowest BCUT2D eigenvalue weighted by Crippen LogP contribution is -1.98. The molecule has 8 heavy (non-hydrogen) atoms. The molecule has 0 aliphatic heterocycles. The minimum absolute atomic E-state index is 0.0419. The molecule has 0 N–H and O–H groups in total. The van der Waals surface area contributed by atoms with Crippen molar-refractivity contribution in [2.75, 3.05) is 7.11 Å². The summed E-state index contributed by atoms with van der Waals surface area (Å²) in [4.78, 5) is 9.68. The van der Waals surface area contributed by atoms with Crippen LogP contribution in [0, 0.1) is 0 Å². The number of allylic oxidation sites excluding steroid dienone is 1. The third kappa shape index (κ3) is 3.56. The zero-order valence-corrected chi connectivity index (χ0v) is 5.13. The molecule has 46 valence electrons. The van der Waals surface area contributed by atoms with Gasteiger partial charge in [-0.15, -0.1) is 0 Å². The molecular weight excluding hydrogens is 104 g/mol. The normalized spacial score (nSPS) is 14.2. The highest BCUT2D eigenvalue weighted by molar-refractivity contribution is 5.64. The van der Waals surface area contributed by atoms with Gasteiger partial charge >= 0.3 is 0 Å². The zero-order chi connectivity index (χ0) is 6.41. The fraction of sp³-hybridized carbons (Fsp3) is 0.500. The van der Waals surface area contributed by atoms with E-state index in [4.69, 9.17) is 4.74 Å². The van der Waals surface area contributed by atoms with Crippen molar-refractivity contribution in [2.45, 2.75) is 13.0 Å². The van der Waals surface area contributed by atoms with Crippen molar-refractivity contribution in [1.29, 1.82) is 0 Å². The molecule has 0 aromatic carbocycles. The van der Waals surface area contributed by atoms with E-state index in [1.54, 1.807) is 13.2 Å². The lowest BCUT2D eigenvalue weighted by Gasteiger charge is -1.98. The number of aldehydes is 1. The van der Waals surface area contributed by atoms with E-state index < -0.39 is 0 Å². The van der Waals surface area contributed by atoms with Crippen molar-refractivity contribution < 1.29 is 9.53 Å². The molecule has 0 saturated heterocycles. The van der Waals surface area contributed by atoms with Crippen LogP contribution in [0.4, 0.5) is 0 Å². The largest absolute Gasteiger partial charge is 0.378 e. The Kier molecular flexibility index (Phi) is 4.17. The summed E-state index contributed by atoms with van der Waals surface area (Å²) < 4.78 is 4.81. The average molecular weight is 114 g/mol. The van der Waals surface area contributed by atoms with Crippen molar-refractivity contribution >= 4 is 6.29 Å². The molecule has 1 atom stereocenters. The first-order valence-electron chi connectivity index (χ1n) is 2.46. The van der Waals surface area contributed by atoms with Crippen molar-refractivity contribution in [3.05, 3.63) is 12.2 Å². The summed E-state index contributed by atoms with van der Waals surface area (Å²) in [5, 5.41) is 0. The van der Waals surface area contributed by atoms with Crippen LogP contribution in [0.3, 0.4) is 0 Å². The molecule has 0 heterocycles. The fourth-order valence-electron chi connectivity index (χ4n) is 0.280. The summed E-state index contributed by atoms with van der Waals surface area (Å²) in [5.41, 5.74) is 0. The maximum Gasteiger partial charge on any atom is 0.142 e. The maximum absolute atomic E-state index is 9.68. The van der Waals surface area contributed by atoms with Gasteiger partial charge in [0.25, 0.3) is 0 Å². The van der Waals surface area contributed by atoms with E-state index in [0.717, 1.165) is 6.29 Å². The van der Waals surface area contributed by atoms with Gasteiger partial charge < -0.3 is 4.74 Å². The zero-order valence-electron chi connectivity index (χ0n) is 5.13. The highest BCUT2D eigenvalue weighted by Crippen LogP contribution is 1.86. The highest BCUT2D eigenvalue weighted by Gasteiger charge is 1.86. The number of carbonyl (C=O) groups excluding carboxylic acids is 1. The summed E-state index contributed by atoms with van der Waals surface area (Å²) in [6.45, 7) is 1.86. The molecule has 0 aromatic heterocycles. The quantitative estimate of drug-likeness (QED) is 0.400. The minimum atomic E-state index is 0.0419. The molecule has 0 amide bonds. The van der Waals surface area contributed by atoms with E-state index in [-0.39, 0.29) is 6.10 Å². The summed E-state index contributed by atoms with van der Waals surface area (Å²) >= 11 is 0. The molecule has 2 heteroatoms. The van der Waals surface area contributed by atoms with Crippen LogP contribution in [0.2, 0.25) is 0 Å². The topological polar surface area (TPSA) is 26.3 Å². The molecule has 0 rings (SSSR count). The Morgan fingerprint density at radius 1 is 1.62 bits per heavy atom. The van der Waals surface area contributed by atoms with Crippen LogP contribution in [0.5, 0.6) is 0 Å². The molecule has 0 aromatic rings. The second-order valence-corrected chi connectivity index (χ2v) is 1.46. The van der Waals surface area contributed by atoms with Crippen LogP contribution >= 0.6 is 0 Å². The predicted octanol–water partition coefficient (Wildman–Crippen LogP) is 0.776. The Morgan fingerprint density at radius 3 is 2.62 bits per heavy atom. The van der Waals surface area contributed by atoms with Crippen LogP contribution in [0.15, 0.2) is 12.2 Å². The first-order valence-corrected chi connectivity index (χ1v) is 2.46. The van der Waals surface area contributed by atoms with Crippen LogP contribution < -0.4 is 0 Å². The number of carbonyl (C=O) groups is 1. The molecule has 2 nitrogen and oxygen atoms in total. The second-order valence-electron chi connectivity index (χ2n) is 1.46. The van der Waals surface area contributed by atoms with Crippen molar-refractivity contribution in [3.63, 3.8) is 0 Å². The molecule has 0 saturated carbocycles. The maximum atomic E-state index is 9.68. The molecular formula is C6H10O2. The van der Waals surface area contributed by atoms with Gasteiger partial charge in [0.1, 0.15) is 6.29 Å². The van der Waals surface area contributed by atoms with Gasteiger partial charge in [-0.05, 0) is 13.0 Å². The fourth-order valence-corrected chi connectivity index (χ4v) is 0.280. The third-order valence-electron chi connectivity index (χ3n) is 0.832. The SMILES string of the molecule is COC(C)/C=C/C=O. The van der Waals surface area contributed by atoms with Crippen molar-refractivity contribution in [1.82, 2.24) is 0 Å². The van der Waals surface area contributed by atoms with E-state index in [0.29, 0.717) is 0 Å². The Labute approximate surface area is 49.1 Å². The molecule has 1 unspecified atom stereocenters. The smallest absolute Gasteiger partial charge is 0.142 e. The number of hydrogen-bond donors (Lipinski definition) is 0. The van der Waals surface area contributed by atoms with Crippen LogP contribution in [0.25, 0.3) is 0 Å². The van der Waals surface area contributed by atoms with E-state index in [9.17, 15) is 4.79 Å². The minimum Gasteiger partial charge on any atom is -0.378 e. The second kappa shape index (κ2) is 4.53. The average Bonchev–Trinajstić information content (AvgIpc) is 1.83. The van der Waals surface area contributed by atoms with Crippen LogP contribution in [-0.2, 0) is 9.53 Å². The molecule has 0 aliphatic rings. The molecule has 0 aliphatic carbocycles. The van der Waals surface area contributed by atoms with E-state index >= 15 is 0 Å². The highest BCUT2D eigenvalue weighted by atomic mass is 16.5. The van der Waals surface area contributed by atoms with Gasteiger partial charge in [0.2, 0.25) is 0 Å². The Bertz CT molecular complexity index is 86.5. The van der Waals surface area contributed by atoms with Gasteiger partial charge in [-0.2, -0.15) is 0 Å². The van der Waals surface area contributed by atoms with Crippen LogP contribution in [-0.4, -0.2) is 19.5 Å². The van der Waals surface area contributed by atoms with E-state index in [1.807, 2.05) is 6.92 Å². The van der Waals surface area contributed by atoms with Crippen LogP contribution in [0.1, 0.15) is 6.92 Å². The van der Waals surface area contributed by atoms with E-state index in [1.165, 1.54) is 6.08 Å². The van der Waals surface area contributed by atoms with Gasteiger partial charge in [-0.25, -0.2) is 0 Å². The molecule has 0 radical (unpaired) electrons. The Morgan fingerprint density at radius 2 is 2.25 bits per heavy atom. The summed E-state index contributed by atoms with van der Waals surface area (Å²) in [7, 11) is 1.60. The Balaban J connectivity index is 3.35. The van der Waals surface area contributed by atoms with Crippen molar-refractivity contribution in [2.24, 2.45) is 0 Å². The van der Waals surface area contributed by atoms with E-state index in [2.05, 4.69) is 0 Å². The molecule has 0 bridgehead atoms. The summed E-state index contributed by atoms with van der Waals surface area (Å²) in [5.74, 6) is 0. The first-order chi connectivity index (χ1) is 3.81. The lowest BCUT2D eigenvalue weighted by atomic mass is 10.4. The van der Waals surface area contributed by atoms with Gasteiger partial charge in [0.05, 0.1) is 6.10 Å². The Hall–Kier alpha value is -0.630. The number of hydrogen-bond acceptors (Lipinski definition) is 2. The number of rotatable bonds is 3. The third-order valence-corrected chi connectivity index (χ3v) is 0.832. The summed E-state index contributed by atoms with van der Waals surface area (Å²) in [6, 6.07) is 0. The first kappa shape index (κ1) is 7.37. The van der Waals surface area contributed by atoms with Gasteiger partial charge in [0.15, 0.2) is 0 Å². The predicted molar refractivity (Wildman–Crippen MR) is 31.7 cm³/mol. The number of ether oxygens (including phenoxy) is 1. The van der Waals surface area contributed by atoms with Gasteiger partial charge in [0, 0.05) is 7.11 Å². The molecule has 0 fully saturated rings. The monoisotopic (exact) mass is 114 g/mol. The van der Waals surface area contributed by atoms with Gasteiger partial charge in [-0.1, -0.05) is 6.08 Å². The lowest BCUT2D eigenvalue weighted by molar-refractivity contribution is -0.104.